The van der Waals surface area contributed by atoms with E-state index >= 15 is 0 Å². The molecule has 1 saturated heterocycles. The number of nitrogens with zero attached hydrogens (tertiary/aromatic N) is 4. The molecule has 4 rings (SSSR count). The maximum absolute atomic E-state index is 13.6. The SMILES string of the molecule is C[C@H](N(Cc1ccc2c(c1)nc(Nc1ccc(Cl)cc1)n2CC1CCCN1C(=O)OC(C)(C)C)C(=O)C(F)(F)F)C(C)(C)C. The van der Waals surface area contributed by atoms with Gasteiger partial charge in [-0.15, -0.1) is 0 Å². The molecule has 2 amide bonds. The summed E-state index contributed by atoms with van der Waals surface area (Å²) in [7, 11) is 0. The zero-order valence-electron chi connectivity index (χ0n) is 26.3. The third-order valence-corrected chi connectivity index (χ3v) is 8.14. The minimum atomic E-state index is -5.00. The van der Waals surface area contributed by atoms with E-state index in [9.17, 15) is 22.8 Å². The molecule has 1 aliphatic heterocycles. The summed E-state index contributed by atoms with van der Waals surface area (Å²) in [6.07, 6.45) is -3.77. The second-order valence-corrected chi connectivity index (χ2v) is 13.9. The first-order valence-corrected chi connectivity index (χ1v) is 15.1. The quantitative estimate of drug-likeness (QED) is 0.283. The first kappa shape index (κ1) is 33.4. The molecule has 8 nitrogen and oxygen atoms in total. The monoisotopic (exact) mass is 635 g/mol. The van der Waals surface area contributed by atoms with Crippen molar-refractivity contribution >= 4 is 46.3 Å². The number of hydrogen-bond acceptors (Lipinski definition) is 5. The number of rotatable bonds is 7. The van der Waals surface area contributed by atoms with Crippen LogP contribution in [0.1, 0.15) is 66.9 Å². The summed E-state index contributed by atoms with van der Waals surface area (Å²) in [5.74, 6) is -1.37. The van der Waals surface area contributed by atoms with Gasteiger partial charge in [-0.1, -0.05) is 38.4 Å². The maximum Gasteiger partial charge on any atom is 0.471 e. The van der Waals surface area contributed by atoms with E-state index in [1.54, 1.807) is 62.9 Å². The van der Waals surface area contributed by atoms with Crippen LogP contribution >= 0.6 is 11.6 Å². The fourth-order valence-electron chi connectivity index (χ4n) is 5.23. The minimum absolute atomic E-state index is 0.153. The summed E-state index contributed by atoms with van der Waals surface area (Å²) in [5.41, 5.74) is 1.33. The van der Waals surface area contributed by atoms with E-state index in [1.807, 2.05) is 37.5 Å². The van der Waals surface area contributed by atoms with Gasteiger partial charge in [0.15, 0.2) is 0 Å². The van der Waals surface area contributed by atoms with Crippen molar-refractivity contribution < 1.29 is 27.5 Å². The standard InChI is InChI=1S/C32H41ClF3N5O3/c1-20(30(2,3)4)40(27(42)32(34,35)36)18-21-10-15-26-25(17-21)38-28(37-23-13-11-22(33)12-14-23)41(26)19-24-9-8-16-39(24)29(43)44-31(5,6)7/h10-15,17,20,24H,8-9,16,18-19H2,1-7H3,(H,37,38)/t20-,24?/m0/s1. The molecular formula is C32H41ClF3N5O3. The molecule has 0 saturated carbocycles. The van der Waals surface area contributed by atoms with Crippen molar-refractivity contribution in [1.82, 2.24) is 19.4 Å². The number of carbonyl (C=O) groups is 2. The van der Waals surface area contributed by atoms with Gasteiger partial charge in [0, 0.05) is 36.4 Å². The molecule has 0 aliphatic carbocycles. The average Bonchev–Trinajstić information content (AvgIpc) is 3.50. The molecule has 0 spiro atoms. The van der Waals surface area contributed by atoms with E-state index < -0.39 is 29.1 Å². The lowest BCUT2D eigenvalue weighted by atomic mass is 9.86. The highest BCUT2D eigenvalue weighted by Crippen LogP contribution is 2.32. The Balaban J connectivity index is 1.71. The summed E-state index contributed by atoms with van der Waals surface area (Å²) < 4.78 is 48.4. The number of halogens is 4. The number of hydrogen-bond donors (Lipinski definition) is 1. The molecule has 1 N–H and O–H groups in total. The molecule has 3 aromatic rings. The summed E-state index contributed by atoms with van der Waals surface area (Å²) in [6, 6.07) is 11.5. The van der Waals surface area contributed by atoms with Crippen molar-refractivity contribution in [3.63, 3.8) is 0 Å². The maximum atomic E-state index is 13.6. The summed E-state index contributed by atoms with van der Waals surface area (Å²) >= 11 is 6.08. The molecular weight excluding hydrogens is 595 g/mol. The van der Waals surface area contributed by atoms with Crippen molar-refractivity contribution in [2.45, 2.75) is 98.3 Å². The summed E-state index contributed by atoms with van der Waals surface area (Å²) in [5, 5.41) is 3.91. The Labute approximate surface area is 261 Å². The lowest BCUT2D eigenvalue weighted by Crippen LogP contribution is -2.50. The van der Waals surface area contributed by atoms with Gasteiger partial charge in [0.2, 0.25) is 5.95 Å². The normalized spacial score (nSPS) is 16.7. The topological polar surface area (TPSA) is 79.7 Å². The molecule has 12 heteroatoms. The van der Waals surface area contributed by atoms with Gasteiger partial charge in [-0.25, -0.2) is 9.78 Å². The van der Waals surface area contributed by atoms with Gasteiger partial charge in [-0.05, 0) is 87.9 Å². The molecule has 2 atom stereocenters. The zero-order chi connectivity index (χ0) is 32.6. The molecule has 1 aliphatic rings. The Bertz CT molecular complexity index is 1490. The summed E-state index contributed by atoms with van der Waals surface area (Å²) in [6.45, 7) is 13.3. The largest absolute Gasteiger partial charge is 0.471 e. The van der Waals surface area contributed by atoms with Gasteiger partial charge >= 0.3 is 18.2 Å². The van der Waals surface area contributed by atoms with E-state index in [4.69, 9.17) is 21.3 Å². The third kappa shape index (κ3) is 7.97. The number of imidazole rings is 1. The number of ether oxygens (including phenoxy) is 1. The van der Waals surface area contributed by atoms with Crippen molar-refractivity contribution in [2.24, 2.45) is 5.41 Å². The van der Waals surface area contributed by atoms with Crippen LogP contribution in [0, 0.1) is 5.41 Å². The molecule has 44 heavy (non-hydrogen) atoms. The number of fused-ring (bicyclic) bond motifs is 1. The fraction of sp³-hybridized carbons (Fsp3) is 0.531. The van der Waals surface area contributed by atoms with Crippen LogP contribution in [0.3, 0.4) is 0 Å². The van der Waals surface area contributed by atoms with Gasteiger partial charge in [0.1, 0.15) is 5.60 Å². The Morgan fingerprint density at radius 3 is 2.34 bits per heavy atom. The fourth-order valence-corrected chi connectivity index (χ4v) is 5.35. The summed E-state index contributed by atoms with van der Waals surface area (Å²) in [4.78, 5) is 32.9. The van der Waals surface area contributed by atoms with Gasteiger partial charge in [0.05, 0.1) is 17.1 Å². The highest BCUT2D eigenvalue weighted by Gasteiger charge is 2.45. The Kier molecular flexibility index (Phi) is 9.49. The van der Waals surface area contributed by atoms with E-state index in [0.717, 1.165) is 28.9 Å². The van der Waals surface area contributed by atoms with Crippen LogP contribution in [0.5, 0.6) is 0 Å². The molecule has 2 heterocycles. The lowest BCUT2D eigenvalue weighted by Gasteiger charge is -2.38. The Morgan fingerprint density at radius 1 is 1.09 bits per heavy atom. The van der Waals surface area contributed by atoms with E-state index in [1.165, 1.54) is 0 Å². The Morgan fingerprint density at radius 2 is 1.75 bits per heavy atom. The highest BCUT2D eigenvalue weighted by molar-refractivity contribution is 6.30. The van der Waals surface area contributed by atoms with Crippen molar-refractivity contribution in [3.8, 4) is 0 Å². The lowest BCUT2D eigenvalue weighted by molar-refractivity contribution is -0.190. The van der Waals surface area contributed by atoms with Crippen LogP contribution < -0.4 is 5.32 Å². The molecule has 240 valence electrons. The number of amides is 2. The number of aromatic nitrogens is 2. The van der Waals surface area contributed by atoms with Crippen LogP contribution in [0.2, 0.25) is 5.02 Å². The van der Waals surface area contributed by atoms with Gasteiger partial charge in [0.25, 0.3) is 0 Å². The number of nitrogens with one attached hydrogen (secondary N) is 1. The van der Waals surface area contributed by atoms with E-state index in [-0.39, 0.29) is 18.7 Å². The number of anilines is 2. The van der Waals surface area contributed by atoms with Crippen molar-refractivity contribution in [1.29, 1.82) is 0 Å². The number of benzene rings is 2. The van der Waals surface area contributed by atoms with Crippen molar-refractivity contribution in [2.75, 3.05) is 11.9 Å². The molecule has 0 radical (unpaired) electrons. The molecule has 1 aromatic heterocycles. The molecule has 1 fully saturated rings. The van der Waals surface area contributed by atoms with Crippen LogP contribution in [0.15, 0.2) is 42.5 Å². The van der Waals surface area contributed by atoms with E-state index in [2.05, 4.69) is 5.32 Å². The predicted octanol–water partition coefficient (Wildman–Crippen LogP) is 8.16. The minimum Gasteiger partial charge on any atom is -0.444 e. The van der Waals surface area contributed by atoms with E-state index in [0.29, 0.717) is 35.1 Å². The molecule has 0 bridgehead atoms. The third-order valence-electron chi connectivity index (χ3n) is 7.89. The van der Waals surface area contributed by atoms with Crippen molar-refractivity contribution in [3.05, 3.63) is 53.1 Å². The van der Waals surface area contributed by atoms with Crippen LogP contribution in [0.4, 0.5) is 29.6 Å². The first-order valence-electron chi connectivity index (χ1n) is 14.7. The van der Waals surface area contributed by atoms with Gasteiger partial charge in [-0.3, -0.25) is 4.79 Å². The average molecular weight is 636 g/mol. The Hall–Kier alpha value is -3.47. The number of likely N-dealkylation sites (tertiary alicyclic amines) is 1. The van der Waals surface area contributed by atoms with Gasteiger partial charge in [-0.2, -0.15) is 13.2 Å². The second kappa shape index (κ2) is 12.5. The van der Waals surface area contributed by atoms with Crippen LogP contribution in [0.25, 0.3) is 11.0 Å². The zero-order valence-corrected chi connectivity index (χ0v) is 27.0. The number of alkyl halides is 3. The first-order chi connectivity index (χ1) is 20.3. The smallest absolute Gasteiger partial charge is 0.444 e. The van der Waals surface area contributed by atoms with Gasteiger partial charge < -0.3 is 24.4 Å². The second-order valence-electron chi connectivity index (χ2n) is 13.4. The van der Waals surface area contributed by atoms with Crippen LogP contribution in [-0.2, 0) is 22.6 Å². The molecule has 2 aromatic carbocycles. The highest BCUT2D eigenvalue weighted by atomic mass is 35.5. The molecule has 1 unspecified atom stereocenters. The predicted molar refractivity (Wildman–Crippen MR) is 166 cm³/mol. The van der Waals surface area contributed by atoms with Crippen LogP contribution in [-0.4, -0.2) is 61.8 Å². The number of carbonyl (C=O) groups excluding carboxylic acids is 2.